The lowest BCUT2D eigenvalue weighted by Gasteiger charge is -2.07. The zero-order chi connectivity index (χ0) is 8.97. The van der Waals surface area contributed by atoms with Gasteiger partial charge in [-0.05, 0) is 12.0 Å². The minimum absolute atomic E-state index is 0.0596. The van der Waals surface area contributed by atoms with Crippen molar-refractivity contribution in [3.05, 3.63) is 42.3 Å². The molecule has 1 atom stereocenters. The molecule has 1 rings (SSSR count). The fraction of sp³-hybridized carbons (Fsp3) is 0.300. The van der Waals surface area contributed by atoms with Crippen molar-refractivity contribution < 1.29 is 5.11 Å². The van der Waals surface area contributed by atoms with E-state index in [2.05, 4.69) is 6.92 Å². The second-order valence-corrected chi connectivity index (χ2v) is 2.86. The van der Waals surface area contributed by atoms with Gasteiger partial charge in [0.25, 0.3) is 0 Å². The van der Waals surface area contributed by atoms with Crippen LogP contribution in [0.25, 0.3) is 0 Å². The van der Waals surface area contributed by atoms with Crippen LogP contribution in [0.5, 0.6) is 0 Å². The van der Waals surface area contributed by atoms with Gasteiger partial charge >= 0.3 is 0 Å². The molecule has 0 heterocycles. The average molecular weight is 164 g/mol. The predicted molar refractivity (Wildman–Crippen MR) is 49.5 cm³/mol. The van der Waals surface area contributed by atoms with Crippen LogP contribution < -0.4 is 5.73 Å². The Labute approximate surface area is 73.0 Å². The fourth-order valence-corrected chi connectivity index (χ4v) is 1.07. The topological polar surface area (TPSA) is 46.2 Å². The number of rotatable bonds is 3. The minimum Gasteiger partial charge on any atom is -0.396 e. The Morgan fingerprint density at radius 3 is 2.42 bits per heavy atom. The number of hydrogen-bond donors (Lipinski definition) is 2. The SMILES string of the molecule is [CH2+]c1ccc(C(N)CCO)cc1. The summed E-state index contributed by atoms with van der Waals surface area (Å²) in [6.07, 6.45) is 0.608. The van der Waals surface area contributed by atoms with Crippen LogP contribution >= 0.6 is 0 Å². The Hall–Kier alpha value is -0.990. The molecule has 64 valence electrons. The lowest BCUT2D eigenvalue weighted by molar-refractivity contribution is 0.276. The normalized spacial score (nSPS) is 12.8. The first kappa shape index (κ1) is 9.10. The van der Waals surface area contributed by atoms with Gasteiger partial charge in [0.05, 0.1) is 0 Å². The van der Waals surface area contributed by atoms with Crippen LogP contribution in [-0.4, -0.2) is 11.7 Å². The van der Waals surface area contributed by atoms with Gasteiger partial charge in [0.1, 0.15) is 5.56 Å². The van der Waals surface area contributed by atoms with Gasteiger partial charge in [-0.3, -0.25) is 0 Å². The van der Waals surface area contributed by atoms with Crippen LogP contribution in [0, 0.1) is 6.92 Å². The van der Waals surface area contributed by atoms with Crippen molar-refractivity contribution in [2.24, 2.45) is 5.73 Å². The first-order chi connectivity index (χ1) is 5.74. The standard InChI is InChI=1S/C10H14NO/c1-8-2-4-9(5-3-8)10(11)6-7-12/h2-5,10,12H,1,6-7,11H2/q+1. The van der Waals surface area contributed by atoms with E-state index in [1.165, 1.54) is 0 Å². The Balaban J connectivity index is 2.68. The van der Waals surface area contributed by atoms with Crippen LogP contribution in [0.15, 0.2) is 24.3 Å². The van der Waals surface area contributed by atoms with E-state index < -0.39 is 0 Å². The zero-order valence-electron chi connectivity index (χ0n) is 7.03. The highest BCUT2D eigenvalue weighted by molar-refractivity contribution is 5.26. The van der Waals surface area contributed by atoms with E-state index in [1.807, 2.05) is 24.3 Å². The second kappa shape index (κ2) is 4.14. The molecule has 2 nitrogen and oxygen atoms in total. The third-order valence-electron chi connectivity index (χ3n) is 1.85. The van der Waals surface area contributed by atoms with E-state index in [1.54, 1.807) is 0 Å². The number of aliphatic hydroxyl groups excluding tert-OH is 1. The number of aliphatic hydroxyl groups is 1. The van der Waals surface area contributed by atoms with Gasteiger partial charge in [0, 0.05) is 43.8 Å². The number of nitrogens with two attached hydrogens (primary N) is 1. The van der Waals surface area contributed by atoms with Gasteiger partial charge in [0.15, 0.2) is 0 Å². The van der Waals surface area contributed by atoms with E-state index >= 15 is 0 Å². The molecule has 1 unspecified atom stereocenters. The molecule has 12 heavy (non-hydrogen) atoms. The third kappa shape index (κ3) is 2.26. The number of benzene rings is 1. The number of hydrogen-bond acceptors (Lipinski definition) is 2. The average Bonchev–Trinajstić information content (AvgIpc) is 2.06. The Morgan fingerprint density at radius 2 is 1.92 bits per heavy atom. The smallest absolute Gasteiger partial charge is 0.126 e. The maximum atomic E-state index is 8.66. The van der Waals surface area contributed by atoms with Gasteiger partial charge in [-0.15, -0.1) is 0 Å². The molecule has 0 fully saturated rings. The monoisotopic (exact) mass is 164 g/mol. The summed E-state index contributed by atoms with van der Waals surface area (Å²) in [6.45, 7) is 3.91. The zero-order valence-corrected chi connectivity index (χ0v) is 7.03. The van der Waals surface area contributed by atoms with Crippen molar-refractivity contribution in [2.75, 3.05) is 6.61 Å². The highest BCUT2D eigenvalue weighted by atomic mass is 16.3. The van der Waals surface area contributed by atoms with Crippen LogP contribution in [0.3, 0.4) is 0 Å². The third-order valence-corrected chi connectivity index (χ3v) is 1.85. The Morgan fingerprint density at radius 1 is 1.33 bits per heavy atom. The van der Waals surface area contributed by atoms with E-state index in [9.17, 15) is 0 Å². The van der Waals surface area contributed by atoms with Crippen LogP contribution in [-0.2, 0) is 0 Å². The van der Waals surface area contributed by atoms with Gasteiger partial charge in [-0.25, -0.2) is 0 Å². The van der Waals surface area contributed by atoms with E-state index in [0.717, 1.165) is 11.1 Å². The highest BCUT2D eigenvalue weighted by Gasteiger charge is 2.06. The summed E-state index contributed by atoms with van der Waals surface area (Å²) in [5.74, 6) is 0. The summed E-state index contributed by atoms with van der Waals surface area (Å²) in [6, 6.07) is 7.68. The highest BCUT2D eigenvalue weighted by Crippen LogP contribution is 2.13. The van der Waals surface area contributed by atoms with Crippen molar-refractivity contribution in [2.45, 2.75) is 12.5 Å². The predicted octanol–water partition coefficient (Wildman–Crippen LogP) is 1.25. The molecule has 0 bridgehead atoms. The molecule has 0 spiro atoms. The Kier molecular flexibility index (Phi) is 3.14. The molecule has 0 aliphatic heterocycles. The molecule has 1 aromatic carbocycles. The minimum atomic E-state index is -0.0596. The molecular formula is C10H14NO+. The molecule has 2 heteroatoms. The fourth-order valence-electron chi connectivity index (χ4n) is 1.07. The molecule has 0 radical (unpaired) electrons. The molecule has 1 aromatic rings. The molecule has 0 aliphatic rings. The van der Waals surface area contributed by atoms with Crippen LogP contribution in [0.4, 0.5) is 0 Å². The molecule has 3 N–H and O–H groups in total. The quantitative estimate of drug-likeness (QED) is 0.660. The van der Waals surface area contributed by atoms with Crippen molar-refractivity contribution in [3.63, 3.8) is 0 Å². The molecule has 0 saturated heterocycles. The lowest BCUT2D eigenvalue weighted by atomic mass is 10.0. The molecule has 0 amide bonds. The van der Waals surface area contributed by atoms with E-state index in [4.69, 9.17) is 10.8 Å². The van der Waals surface area contributed by atoms with Crippen molar-refractivity contribution in [1.29, 1.82) is 0 Å². The summed E-state index contributed by atoms with van der Waals surface area (Å²) in [4.78, 5) is 0. The van der Waals surface area contributed by atoms with Crippen LogP contribution in [0.2, 0.25) is 0 Å². The molecule has 0 aromatic heterocycles. The summed E-state index contributed by atoms with van der Waals surface area (Å²) >= 11 is 0. The summed E-state index contributed by atoms with van der Waals surface area (Å²) < 4.78 is 0. The lowest BCUT2D eigenvalue weighted by Crippen LogP contribution is -2.11. The van der Waals surface area contributed by atoms with Crippen molar-refractivity contribution in [1.82, 2.24) is 0 Å². The second-order valence-electron chi connectivity index (χ2n) is 2.86. The molecular weight excluding hydrogens is 150 g/mol. The largest absolute Gasteiger partial charge is 0.396 e. The summed E-state index contributed by atoms with van der Waals surface area (Å²) in [7, 11) is 0. The maximum absolute atomic E-state index is 8.66. The summed E-state index contributed by atoms with van der Waals surface area (Å²) in [5, 5.41) is 8.66. The van der Waals surface area contributed by atoms with E-state index in [-0.39, 0.29) is 12.6 Å². The summed E-state index contributed by atoms with van der Waals surface area (Å²) in [5.41, 5.74) is 7.81. The molecule has 0 saturated carbocycles. The van der Waals surface area contributed by atoms with Gasteiger partial charge in [0.2, 0.25) is 0 Å². The Bertz CT molecular complexity index is 230. The first-order valence-corrected chi connectivity index (χ1v) is 4.02. The van der Waals surface area contributed by atoms with Gasteiger partial charge in [-0.1, -0.05) is 0 Å². The van der Waals surface area contributed by atoms with Gasteiger partial charge in [-0.2, -0.15) is 0 Å². The van der Waals surface area contributed by atoms with E-state index in [0.29, 0.717) is 6.42 Å². The van der Waals surface area contributed by atoms with Crippen molar-refractivity contribution >= 4 is 0 Å². The van der Waals surface area contributed by atoms with Crippen molar-refractivity contribution in [3.8, 4) is 0 Å². The maximum Gasteiger partial charge on any atom is 0.126 e. The first-order valence-electron chi connectivity index (χ1n) is 4.02. The molecule has 0 aliphatic carbocycles. The van der Waals surface area contributed by atoms with Gasteiger partial charge < -0.3 is 10.8 Å². The van der Waals surface area contributed by atoms with Crippen LogP contribution in [0.1, 0.15) is 23.6 Å².